The van der Waals surface area contributed by atoms with Crippen molar-refractivity contribution in [2.24, 2.45) is 0 Å². The molecule has 2 rings (SSSR count). The Kier molecular flexibility index (Phi) is 6.26. The zero-order valence-corrected chi connectivity index (χ0v) is 14.3. The molecule has 0 saturated carbocycles. The topological polar surface area (TPSA) is 80.7 Å². The lowest BCUT2D eigenvalue weighted by atomic mass is 10.2. The molecule has 7 heteroatoms. The molecule has 6 nitrogen and oxygen atoms in total. The highest BCUT2D eigenvalue weighted by molar-refractivity contribution is 6.32. The molecule has 128 valence electrons. The first-order valence-electron chi connectivity index (χ1n) is 7.61. The number of amides is 1. The number of carbonyl (C=O) groups is 1. The molecule has 0 spiro atoms. The van der Waals surface area contributed by atoms with E-state index in [0.29, 0.717) is 24.7 Å². The fourth-order valence-corrected chi connectivity index (χ4v) is 2.24. The molecule has 0 fully saturated rings. The van der Waals surface area contributed by atoms with E-state index in [1.165, 1.54) is 18.3 Å². The normalized spacial score (nSPS) is 10.3. The molecular formula is C17H19ClN2O4. The van der Waals surface area contributed by atoms with Gasteiger partial charge in [-0.1, -0.05) is 18.5 Å². The summed E-state index contributed by atoms with van der Waals surface area (Å²) < 4.78 is 11.1. The van der Waals surface area contributed by atoms with Crippen molar-refractivity contribution in [3.63, 3.8) is 0 Å². The molecule has 1 aromatic carbocycles. The van der Waals surface area contributed by atoms with Crippen molar-refractivity contribution >= 4 is 23.3 Å². The number of carbonyl (C=O) groups excluding carboxylic acids is 1. The SMILES string of the molecule is CCCOc1c(Cl)cc(C(=O)Nc2ncccc2O)cc1OCC. The van der Waals surface area contributed by atoms with E-state index in [-0.39, 0.29) is 22.2 Å². The van der Waals surface area contributed by atoms with Gasteiger partial charge in [0, 0.05) is 11.8 Å². The number of rotatable bonds is 7. The first-order valence-corrected chi connectivity index (χ1v) is 7.99. The van der Waals surface area contributed by atoms with Crippen LogP contribution in [-0.2, 0) is 0 Å². The fraction of sp³-hybridized carbons (Fsp3) is 0.294. The molecule has 0 unspecified atom stereocenters. The Morgan fingerprint density at radius 2 is 2.12 bits per heavy atom. The molecule has 1 aromatic heterocycles. The Balaban J connectivity index is 2.29. The number of anilines is 1. The Hall–Kier alpha value is -2.47. The van der Waals surface area contributed by atoms with Gasteiger partial charge in [0.15, 0.2) is 23.1 Å². The molecule has 0 radical (unpaired) electrons. The van der Waals surface area contributed by atoms with Crippen LogP contribution in [0.25, 0.3) is 0 Å². The summed E-state index contributed by atoms with van der Waals surface area (Å²) >= 11 is 6.23. The van der Waals surface area contributed by atoms with E-state index in [2.05, 4.69) is 10.3 Å². The third-order valence-electron chi connectivity index (χ3n) is 3.04. The minimum absolute atomic E-state index is 0.0721. The summed E-state index contributed by atoms with van der Waals surface area (Å²) in [7, 11) is 0. The van der Waals surface area contributed by atoms with E-state index in [4.69, 9.17) is 21.1 Å². The second-order valence-corrected chi connectivity index (χ2v) is 5.30. The molecule has 0 bridgehead atoms. The van der Waals surface area contributed by atoms with Crippen LogP contribution in [0.4, 0.5) is 5.82 Å². The highest BCUT2D eigenvalue weighted by atomic mass is 35.5. The predicted molar refractivity (Wildman–Crippen MR) is 92.3 cm³/mol. The van der Waals surface area contributed by atoms with Gasteiger partial charge in [-0.05, 0) is 37.6 Å². The minimum atomic E-state index is -0.464. The van der Waals surface area contributed by atoms with Crippen molar-refractivity contribution in [3.8, 4) is 17.2 Å². The smallest absolute Gasteiger partial charge is 0.257 e. The van der Waals surface area contributed by atoms with Crippen LogP contribution >= 0.6 is 11.6 Å². The van der Waals surface area contributed by atoms with Crippen LogP contribution in [-0.4, -0.2) is 29.2 Å². The van der Waals surface area contributed by atoms with E-state index in [1.807, 2.05) is 13.8 Å². The van der Waals surface area contributed by atoms with Gasteiger partial charge in [-0.3, -0.25) is 4.79 Å². The molecular weight excluding hydrogens is 332 g/mol. The number of pyridine rings is 1. The Labute approximate surface area is 145 Å². The lowest BCUT2D eigenvalue weighted by molar-refractivity contribution is 0.102. The molecule has 2 N–H and O–H groups in total. The summed E-state index contributed by atoms with van der Waals surface area (Å²) in [6.45, 7) is 4.71. The molecule has 0 aliphatic carbocycles. The second kappa shape index (κ2) is 8.40. The van der Waals surface area contributed by atoms with Gasteiger partial charge in [0.1, 0.15) is 0 Å². The summed E-state index contributed by atoms with van der Waals surface area (Å²) in [4.78, 5) is 16.3. The number of aromatic nitrogens is 1. The van der Waals surface area contributed by atoms with Gasteiger partial charge in [-0.25, -0.2) is 4.98 Å². The third kappa shape index (κ3) is 4.29. The molecule has 2 aromatic rings. The van der Waals surface area contributed by atoms with Gasteiger partial charge in [0.25, 0.3) is 5.91 Å². The molecule has 1 heterocycles. The van der Waals surface area contributed by atoms with Crippen molar-refractivity contribution < 1.29 is 19.4 Å². The van der Waals surface area contributed by atoms with Crippen molar-refractivity contribution in [2.75, 3.05) is 18.5 Å². The number of nitrogens with zero attached hydrogens (tertiary/aromatic N) is 1. The lowest BCUT2D eigenvalue weighted by Crippen LogP contribution is -2.13. The maximum atomic E-state index is 12.4. The molecule has 0 saturated heterocycles. The van der Waals surface area contributed by atoms with Gasteiger partial charge in [0.2, 0.25) is 0 Å². The maximum Gasteiger partial charge on any atom is 0.257 e. The monoisotopic (exact) mass is 350 g/mol. The third-order valence-corrected chi connectivity index (χ3v) is 3.32. The van der Waals surface area contributed by atoms with Crippen LogP contribution in [0.5, 0.6) is 17.2 Å². The molecule has 0 aliphatic heterocycles. The maximum absolute atomic E-state index is 12.4. The van der Waals surface area contributed by atoms with E-state index in [1.54, 1.807) is 12.1 Å². The van der Waals surface area contributed by atoms with Crippen LogP contribution in [0, 0.1) is 0 Å². The fourth-order valence-electron chi connectivity index (χ4n) is 1.98. The van der Waals surface area contributed by atoms with Crippen molar-refractivity contribution in [3.05, 3.63) is 41.0 Å². The number of benzene rings is 1. The first kappa shape index (κ1) is 17.9. The summed E-state index contributed by atoms with van der Waals surface area (Å²) in [5.74, 6) is 0.299. The lowest BCUT2D eigenvalue weighted by Gasteiger charge is -2.15. The summed E-state index contributed by atoms with van der Waals surface area (Å²) in [5, 5.41) is 12.5. The zero-order chi connectivity index (χ0) is 17.5. The predicted octanol–water partition coefficient (Wildman–Crippen LogP) is 3.88. The molecule has 0 aliphatic rings. The number of halogens is 1. The van der Waals surface area contributed by atoms with E-state index in [0.717, 1.165) is 6.42 Å². The highest BCUT2D eigenvalue weighted by Gasteiger charge is 2.17. The average Bonchev–Trinajstić information content (AvgIpc) is 2.56. The van der Waals surface area contributed by atoms with E-state index in [9.17, 15) is 9.90 Å². The van der Waals surface area contributed by atoms with Crippen molar-refractivity contribution in [1.82, 2.24) is 4.98 Å². The van der Waals surface area contributed by atoms with Crippen LogP contribution in [0.3, 0.4) is 0 Å². The molecule has 1 amide bonds. The second-order valence-electron chi connectivity index (χ2n) is 4.89. The largest absolute Gasteiger partial charge is 0.504 e. The number of nitrogens with one attached hydrogen (secondary N) is 1. The van der Waals surface area contributed by atoms with Gasteiger partial charge >= 0.3 is 0 Å². The number of hydrogen-bond acceptors (Lipinski definition) is 5. The van der Waals surface area contributed by atoms with Crippen LogP contribution in [0.2, 0.25) is 5.02 Å². The quantitative estimate of drug-likeness (QED) is 0.792. The van der Waals surface area contributed by atoms with Gasteiger partial charge in [-0.2, -0.15) is 0 Å². The highest BCUT2D eigenvalue weighted by Crippen LogP contribution is 2.37. The van der Waals surface area contributed by atoms with Gasteiger partial charge < -0.3 is 19.9 Å². The van der Waals surface area contributed by atoms with Crippen LogP contribution < -0.4 is 14.8 Å². The Morgan fingerprint density at radius 3 is 2.79 bits per heavy atom. The zero-order valence-electron chi connectivity index (χ0n) is 13.5. The number of aromatic hydroxyl groups is 1. The minimum Gasteiger partial charge on any atom is -0.504 e. The summed E-state index contributed by atoms with van der Waals surface area (Å²) in [6.07, 6.45) is 2.29. The standard InChI is InChI=1S/C17H19ClN2O4/c1-3-8-24-15-12(18)9-11(10-14(15)23-4-2)17(22)20-16-13(21)6-5-7-19-16/h5-7,9-10,21H,3-4,8H2,1-2H3,(H,19,20,22). The van der Waals surface area contributed by atoms with E-state index >= 15 is 0 Å². The Bertz CT molecular complexity index is 722. The van der Waals surface area contributed by atoms with Crippen molar-refractivity contribution in [1.29, 1.82) is 0 Å². The summed E-state index contributed by atoms with van der Waals surface area (Å²) in [6, 6.07) is 6.04. The summed E-state index contributed by atoms with van der Waals surface area (Å²) in [5.41, 5.74) is 0.275. The van der Waals surface area contributed by atoms with E-state index < -0.39 is 5.91 Å². The van der Waals surface area contributed by atoms with Crippen LogP contribution in [0.15, 0.2) is 30.5 Å². The molecule has 0 atom stereocenters. The van der Waals surface area contributed by atoms with Crippen LogP contribution in [0.1, 0.15) is 30.6 Å². The van der Waals surface area contributed by atoms with Gasteiger partial charge in [0.05, 0.1) is 18.2 Å². The number of hydrogen-bond donors (Lipinski definition) is 2. The van der Waals surface area contributed by atoms with Crippen molar-refractivity contribution in [2.45, 2.75) is 20.3 Å². The average molecular weight is 351 g/mol. The first-order chi connectivity index (χ1) is 11.6. The Morgan fingerprint density at radius 1 is 1.33 bits per heavy atom. The number of ether oxygens (including phenoxy) is 2. The van der Waals surface area contributed by atoms with Gasteiger partial charge in [-0.15, -0.1) is 0 Å². The molecule has 24 heavy (non-hydrogen) atoms.